The maximum atomic E-state index is 8.97. The molecule has 1 atom stereocenters. The van der Waals surface area contributed by atoms with Gasteiger partial charge in [-0.3, -0.25) is 0 Å². The van der Waals surface area contributed by atoms with E-state index >= 15 is 0 Å². The largest absolute Gasteiger partial charge is 0.198 e. The third kappa shape index (κ3) is 1.58. The molecule has 4 saturated carbocycles. The zero-order valence-corrected chi connectivity index (χ0v) is 10.4. The molecule has 4 rings (SSSR count). The Morgan fingerprint density at radius 1 is 1.06 bits per heavy atom. The lowest BCUT2D eigenvalue weighted by atomic mass is 9.49. The van der Waals surface area contributed by atoms with Crippen molar-refractivity contribution in [2.24, 2.45) is 35.5 Å². The standard InChI is InChI=1S/C15H23N/c1-2-12(3-4-16)15-13-6-10-5-11(8-13)9-14(15)7-10/h10-15H,2-3,5-9H2,1H3. The van der Waals surface area contributed by atoms with Crippen molar-refractivity contribution in [1.29, 1.82) is 5.26 Å². The minimum atomic E-state index is 0.708. The Balaban J connectivity index is 1.78. The number of hydrogen-bond donors (Lipinski definition) is 0. The fraction of sp³-hybridized carbons (Fsp3) is 0.933. The van der Waals surface area contributed by atoms with Crippen LogP contribution in [0.25, 0.3) is 0 Å². The van der Waals surface area contributed by atoms with Gasteiger partial charge < -0.3 is 0 Å². The summed E-state index contributed by atoms with van der Waals surface area (Å²) in [5.41, 5.74) is 0. The lowest BCUT2D eigenvalue weighted by molar-refractivity contribution is -0.0615. The van der Waals surface area contributed by atoms with Gasteiger partial charge >= 0.3 is 0 Å². The molecule has 0 aromatic rings. The fourth-order valence-corrected chi connectivity index (χ4v) is 5.41. The third-order valence-corrected chi connectivity index (χ3v) is 5.72. The number of hydrogen-bond acceptors (Lipinski definition) is 1. The zero-order chi connectivity index (χ0) is 11.1. The van der Waals surface area contributed by atoms with Crippen LogP contribution in [-0.2, 0) is 0 Å². The van der Waals surface area contributed by atoms with Gasteiger partial charge in [0.2, 0.25) is 0 Å². The molecular weight excluding hydrogens is 194 g/mol. The maximum Gasteiger partial charge on any atom is 0.0624 e. The lowest BCUT2D eigenvalue weighted by Crippen LogP contribution is -2.47. The molecule has 4 fully saturated rings. The molecule has 1 unspecified atom stereocenters. The van der Waals surface area contributed by atoms with E-state index < -0.39 is 0 Å². The van der Waals surface area contributed by atoms with E-state index in [1.807, 2.05) is 0 Å². The molecule has 0 saturated heterocycles. The van der Waals surface area contributed by atoms with E-state index in [2.05, 4.69) is 13.0 Å². The van der Waals surface area contributed by atoms with E-state index in [0.29, 0.717) is 5.92 Å². The summed E-state index contributed by atoms with van der Waals surface area (Å²) in [7, 11) is 0. The summed E-state index contributed by atoms with van der Waals surface area (Å²) in [4.78, 5) is 0. The van der Waals surface area contributed by atoms with Crippen molar-refractivity contribution in [3.05, 3.63) is 0 Å². The normalized spacial score (nSPS) is 46.6. The molecule has 0 N–H and O–H groups in total. The molecule has 88 valence electrons. The quantitative estimate of drug-likeness (QED) is 0.701. The Hall–Kier alpha value is -0.510. The fourth-order valence-electron chi connectivity index (χ4n) is 5.41. The summed E-state index contributed by atoms with van der Waals surface area (Å²) < 4.78 is 0. The second-order valence-corrected chi connectivity index (χ2v) is 6.54. The first-order valence-corrected chi connectivity index (χ1v) is 7.18. The Labute approximate surface area is 99.2 Å². The molecule has 0 radical (unpaired) electrons. The number of nitriles is 1. The van der Waals surface area contributed by atoms with Gasteiger partial charge in [0.05, 0.1) is 6.07 Å². The Kier molecular flexibility index (Phi) is 2.70. The number of rotatable bonds is 3. The van der Waals surface area contributed by atoms with Crippen LogP contribution < -0.4 is 0 Å². The molecule has 0 aromatic heterocycles. The van der Waals surface area contributed by atoms with Crippen LogP contribution in [0.3, 0.4) is 0 Å². The summed E-state index contributed by atoms with van der Waals surface area (Å²) >= 11 is 0. The topological polar surface area (TPSA) is 23.8 Å². The maximum absolute atomic E-state index is 8.97. The summed E-state index contributed by atoms with van der Waals surface area (Å²) in [6, 6.07) is 2.43. The first-order valence-electron chi connectivity index (χ1n) is 7.18. The third-order valence-electron chi connectivity index (χ3n) is 5.72. The molecule has 4 aliphatic carbocycles. The second kappa shape index (κ2) is 4.06. The molecule has 0 amide bonds. The van der Waals surface area contributed by atoms with Gasteiger partial charge in [0.15, 0.2) is 0 Å². The van der Waals surface area contributed by atoms with Crippen molar-refractivity contribution in [3.8, 4) is 6.07 Å². The van der Waals surface area contributed by atoms with Crippen LogP contribution in [-0.4, -0.2) is 0 Å². The van der Waals surface area contributed by atoms with E-state index in [4.69, 9.17) is 5.26 Å². The first-order chi connectivity index (χ1) is 7.81. The van der Waals surface area contributed by atoms with Crippen LogP contribution in [0.15, 0.2) is 0 Å². The summed E-state index contributed by atoms with van der Waals surface area (Å²) in [6.07, 6.45) is 9.57. The van der Waals surface area contributed by atoms with Crippen molar-refractivity contribution in [3.63, 3.8) is 0 Å². The van der Waals surface area contributed by atoms with E-state index in [1.54, 1.807) is 0 Å². The second-order valence-electron chi connectivity index (χ2n) is 6.54. The van der Waals surface area contributed by atoms with Crippen LogP contribution in [0.1, 0.15) is 51.9 Å². The Bertz CT molecular complexity index is 273. The molecule has 1 heteroatoms. The molecule has 0 spiro atoms. The van der Waals surface area contributed by atoms with Gasteiger partial charge in [0.1, 0.15) is 0 Å². The van der Waals surface area contributed by atoms with Crippen LogP contribution in [0.4, 0.5) is 0 Å². The minimum absolute atomic E-state index is 0.708. The van der Waals surface area contributed by atoms with Crippen LogP contribution in [0.2, 0.25) is 0 Å². The monoisotopic (exact) mass is 217 g/mol. The summed E-state index contributed by atoms with van der Waals surface area (Å²) in [5.74, 6) is 5.75. The van der Waals surface area contributed by atoms with Gasteiger partial charge in [0, 0.05) is 6.42 Å². The van der Waals surface area contributed by atoms with Crippen molar-refractivity contribution in [1.82, 2.24) is 0 Å². The molecular formula is C15H23N. The van der Waals surface area contributed by atoms with E-state index in [-0.39, 0.29) is 0 Å². The van der Waals surface area contributed by atoms with Gasteiger partial charge in [0.25, 0.3) is 0 Å². The van der Waals surface area contributed by atoms with Crippen molar-refractivity contribution < 1.29 is 0 Å². The highest BCUT2D eigenvalue weighted by atomic mass is 14.5. The van der Waals surface area contributed by atoms with Crippen LogP contribution in [0.5, 0.6) is 0 Å². The molecule has 4 aliphatic rings. The van der Waals surface area contributed by atoms with E-state index in [9.17, 15) is 0 Å². The van der Waals surface area contributed by atoms with Gasteiger partial charge in [-0.15, -0.1) is 0 Å². The average molecular weight is 217 g/mol. The molecule has 0 aromatic carbocycles. The minimum Gasteiger partial charge on any atom is -0.198 e. The molecule has 0 aliphatic heterocycles. The number of nitrogens with zero attached hydrogens (tertiary/aromatic N) is 1. The average Bonchev–Trinajstić information content (AvgIpc) is 2.26. The highest BCUT2D eigenvalue weighted by Gasteiger charge is 2.49. The molecule has 16 heavy (non-hydrogen) atoms. The SMILES string of the molecule is CCC(CC#N)C1C2CC3CC(C2)CC1C3. The molecule has 4 bridgehead atoms. The van der Waals surface area contributed by atoms with E-state index in [1.165, 1.54) is 38.5 Å². The summed E-state index contributed by atoms with van der Waals surface area (Å²) in [6.45, 7) is 2.28. The highest BCUT2D eigenvalue weighted by Crippen LogP contribution is 2.59. The Morgan fingerprint density at radius 2 is 1.62 bits per heavy atom. The van der Waals surface area contributed by atoms with Crippen LogP contribution >= 0.6 is 0 Å². The summed E-state index contributed by atoms with van der Waals surface area (Å²) in [5, 5.41) is 8.97. The smallest absolute Gasteiger partial charge is 0.0624 e. The van der Waals surface area contributed by atoms with Gasteiger partial charge in [-0.2, -0.15) is 5.26 Å². The zero-order valence-electron chi connectivity index (χ0n) is 10.4. The van der Waals surface area contributed by atoms with Crippen LogP contribution in [0, 0.1) is 46.8 Å². The van der Waals surface area contributed by atoms with Crippen molar-refractivity contribution in [2.45, 2.75) is 51.9 Å². The van der Waals surface area contributed by atoms with E-state index in [0.717, 1.165) is 36.0 Å². The van der Waals surface area contributed by atoms with Crippen molar-refractivity contribution in [2.75, 3.05) is 0 Å². The van der Waals surface area contributed by atoms with Gasteiger partial charge in [-0.05, 0) is 67.6 Å². The van der Waals surface area contributed by atoms with Gasteiger partial charge in [-0.25, -0.2) is 0 Å². The predicted octanol–water partition coefficient (Wildman–Crippen LogP) is 4.00. The van der Waals surface area contributed by atoms with Crippen molar-refractivity contribution >= 4 is 0 Å². The van der Waals surface area contributed by atoms with Gasteiger partial charge in [-0.1, -0.05) is 13.3 Å². The molecule has 0 heterocycles. The Morgan fingerprint density at radius 3 is 2.06 bits per heavy atom. The lowest BCUT2D eigenvalue weighted by Gasteiger charge is -2.56. The predicted molar refractivity (Wildman–Crippen MR) is 64.5 cm³/mol. The highest BCUT2D eigenvalue weighted by molar-refractivity contribution is 5.00. The first kappa shape index (κ1) is 10.6. The molecule has 1 nitrogen and oxygen atoms in total.